The molecule has 0 aromatic heterocycles. The molecule has 0 saturated carbocycles. The quantitative estimate of drug-likeness (QED) is 0.926. The van der Waals surface area contributed by atoms with E-state index < -0.39 is 0 Å². The Morgan fingerprint density at radius 3 is 2.65 bits per heavy atom. The first kappa shape index (κ1) is 14.5. The molecule has 20 heavy (non-hydrogen) atoms. The number of nitrogens with zero attached hydrogens (tertiary/aromatic N) is 1. The van der Waals surface area contributed by atoms with Crippen molar-refractivity contribution in [2.75, 3.05) is 31.2 Å². The van der Waals surface area contributed by atoms with Gasteiger partial charge in [-0.05, 0) is 37.5 Å². The Labute approximate surface area is 130 Å². The molecule has 2 saturated heterocycles. The normalized spacial score (nSPS) is 24.3. The van der Waals surface area contributed by atoms with E-state index >= 15 is 0 Å². The maximum atomic E-state index is 6.29. The minimum atomic E-state index is 0.546. The lowest BCUT2D eigenvalue weighted by atomic mass is 10.1. The molecule has 1 aromatic rings. The summed E-state index contributed by atoms with van der Waals surface area (Å²) in [4.78, 5) is 2.34. The maximum Gasteiger partial charge on any atom is 0.0654 e. The molecule has 3 nitrogen and oxygen atoms in total. The predicted octanol–water partition coefficient (Wildman–Crippen LogP) is 3.34. The number of rotatable bonds is 3. The van der Waals surface area contributed by atoms with E-state index in [0.29, 0.717) is 17.1 Å². The van der Waals surface area contributed by atoms with Gasteiger partial charge in [0.1, 0.15) is 0 Å². The number of nitrogens with one attached hydrogen (secondary N) is 1. The second kappa shape index (κ2) is 6.52. The number of ether oxygens (including phenoxy) is 1. The molecule has 0 bridgehead atoms. The average molecular weight is 315 g/mol. The third kappa shape index (κ3) is 3.40. The third-order valence-electron chi connectivity index (χ3n) is 4.13. The van der Waals surface area contributed by atoms with Gasteiger partial charge in [0.25, 0.3) is 0 Å². The molecule has 1 unspecified atom stereocenters. The third-order valence-corrected chi connectivity index (χ3v) is 4.67. The van der Waals surface area contributed by atoms with Crippen molar-refractivity contribution >= 4 is 28.9 Å². The van der Waals surface area contributed by atoms with Gasteiger partial charge in [-0.15, -0.1) is 0 Å². The highest BCUT2D eigenvalue weighted by Crippen LogP contribution is 2.31. The first-order valence-electron chi connectivity index (χ1n) is 7.26. The molecular formula is C15H20Cl2N2O. The molecule has 0 aliphatic carbocycles. The van der Waals surface area contributed by atoms with Crippen LogP contribution in [0.3, 0.4) is 0 Å². The van der Waals surface area contributed by atoms with Crippen LogP contribution in [0.2, 0.25) is 10.0 Å². The first-order valence-corrected chi connectivity index (χ1v) is 8.02. The highest BCUT2D eigenvalue weighted by molar-refractivity contribution is 6.36. The Kier molecular flexibility index (Phi) is 4.72. The van der Waals surface area contributed by atoms with Crippen LogP contribution >= 0.6 is 23.2 Å². The standard InChI is InChI=1S/C15H20Cl2N2O/c16-11-1-2-15(14(17)9-11)19-6-3-13(10-19)18-12-4-7-20-8-5-12/h1-2,9,12-13,18H,3-8,10H2. The van der Waals surface area contributed by atoms with E-state index in [4.69, 9.17) is 27.9 Å². The van der Waals surface area contributed by atoms with Crippen LogP contribution in [-0.2, 0) is 4.74 Å². The van der Waals surface area contributed by atoms with Gasteiger partial charge in [-0.3, -0.25) is 0 Å². The topological polar surface area (TPSA) is 24.5 Å². The maximum absolute atomic E-state index is 6.29. The van der Waals surface area contributed by atoms with Crippen molar-refractivity contribution in [1.82, 2.24) is 5.32 Å². The fraction of sp³-hybridized carbons (Fsp3) is 0.600. The monoisotopic (exact) mass is 314 g/mol. The summed E-state index contributed by atoms with van der Waals surface area (Å²) in [5.74, 6) is 0. The van der Waals surface area contributed by atoms with E-state index in [0.717, 1.165) is 56.3 Å². The van der Waals surface area contributed by atoms with E-state index in [9.17, 15) is 0 Å². The van der Waals surface area contributed by atoms with Crippen LogP contribution in [0.4, 0.5) is 5.69 Å². The van der Waals surface area contributed by atoms with Gasteiger partial charge >= 0.3 is 0 Å². The van der Waals surface area contributed by atoms with Crippen LogP contribution in [-0.4, -0.2) is 38.4 Å². The van der Waals surface area contributed by atoms with Gasteiger partial charge in [0.15, 0.2) is 0 Å². The number of hydrogen-bond donors (Lipinski definition) is 1. The number of anilines is 1. The van der Waals surface area contributed by atoms with Gasteiger partial charge in [0.2, 0.25) is 0 Å². The molecule has 0 spiro atoms. The highest BCUT2D eigenvalue weighted by Gasteiger charge is 2.26. The lowest BCUT2D eigenvalue weighted by Crippen LogP contribution is -2.43. The Bertz CT molecular complexity index is 463. The van der Waals surface area contributed by atoms with Crippen molar-refractivity contribution in [3.63, 3.8) is 0 Å². The van der Waals surface area contributed by atoms with Crippen LogP contribution in [0.1, 0.15) is 19.3 Å². The predicted molar refractivity (Wildman–Crippen MR) is 84.1 cm³/mol. The second-order valence-corrected chi connectivity index (χ2v) is 6.42. The Morgan fingerprint density at radius 1 is 1.10 bits per heavy atom. The van der Waals surface area contributed by atoms with Crippen molar-refractivity contribution in [1.29, 1.82) is 0 Å². The molecule has 2 aliphatic rings. The Morgan fingerprint density at radius 2 is 1.90 bits per heavy atom. The van der Waals surface area contributed by atoms with Crippen molar-refractivity contribution in [2.45, 2.75) is 31.3 Å². The van der Waals surface area contributed by atoms with E-state index in [1.54, 1.807) is 0 Å². The van der Waals surface area contributed by atoms with Gasteiger partial charge in [-0.25, -0.2) is 0 Å². The summed E-state index contributed by atoms with van der Waals surface area (Å²) in [6.45, 7) is 3.83. The van der Waals surface area contributed by atoms with E-state index in [-0.39, 0.29) is 0 Å². The summed E-state index contributed by atoms with van der Waals surface area (Å²) in [5, 5.41) is 5.19. The molecule has 1 aromatic carbocycles. The molecule has 5 heteroatoms. The summed E-state index contributed by atoms with van der Waals surface area (Å²) >= 11 is 12.2. The molecule has 1 atom stereocenters. The molecule has 1 N–H and O–H groups in total. The molecule has 2 fully saturated rings. The fourth-order valence-electron chi connectivity index (χ4n) is 3.05. The number of hydrogen-bond acceptors (Lipinski definition) is 3. The molecule has 0 amide bonds. The van der Waals surface area contributed by atoms with Crippen LogP contribution in [0, 0.1) is 0 Å². The minimum Gasteiger partial charge on any atom is -0.381 e. The van der Waals surface area contributed by atoms with Gasteiger partial charge in [-0.1, -0.05) is 23.2 Å². The van der Waals surface area contributed by atoms with E-state index in [2.05, 4.69) is 10.2 Å². The smallest absolute Gasteiger partial charge is 0.0654 e. The van der Waals surface area contributed by atoms with Crippen LogP contribution in [0.15, 0.2) is 18.2 Å². The lowest BCUT2D eigenvalue weighted by molar-refractivity contribution is 0.0755. The summed E-state index contributed by atoms with van der Waals surface area (Å²) in [6.07, 6.45) is 3.41. The highest BCUT2D eigenvalue weighted by atomic mass is 35.5. The minimum absolute atomic E-state index is 0.546. The largest absolute Gasteiger partial charge is 0.381 e. The van der Waals surface area contributed by atoms with Crippen molar-refractivity contribution in [2.24, 2.45) is 0 Å². The molecule has 110 valence electrons. The van der Waals surface area contributed by atoms with Crippen molar-refractivity contribution in [3.8, 4) is 0 Å². The van der Waals surface area contributed by atoms with E-state index in [1.165, 1.54) is 0 Å². The van der Waals surface area contributed by atoms with Gasteiger partial charge in [-0.2, -0.15) is 0 Å². The van der Waals surface area contributed by atoms with Gasteiger partial charge < -0.3 is 15.0 Å². The molecular weight excluding hydrogens is 295 g/mol. The summed E-state index contributed by atoms with van der Waals surface area (Å²) in [5.41, 5.74) is 1.09. The molecule has 2 aliphatic heterocycles. The lowest BCUT2D eigenvalue weighted by Gasteiger charge is -2.27. The van der Waals surface area contributed by atoms with Crippen LogP contribution in [0.5, 0.6) is 0 Å². The van der Waals surface area contributed by atoms with Gasteiger partial charge in [0.05, 0.1) is 10.7 Å². The van der Waals surface area contributed by atoms with Crippen LogP contribution in [0.25, 0.3) is 0 Å². The summed E-state index contributed by atoms with van der Waals surface area (Å²) in [6, 6.07) is 6.89. The van der Waals surface area contributed by atoms with Crippen LogP contribution < -0.4 is 10.2 Å². The van der Waals surface area contributed by atoms with Crippen molar-refractivity contribution in [3.05, 3.63) is 28.2 Å². The van der Waals surface area contributed by atoms with Gasteiger partial charge in [0, 0.05) is 43.4 Å². The zero-order chi connectivity index (χ0) is 13.9. The van der Waals surface area contributed by atoms with E-state index in [1.807, 2.05) is 18.2 Å². The summed E-state index contributed by atoms with van der Waals surface area (Å²) < 4.78 is 5.40. The molecule has 3 rings (SSSR count). The Hall–Kier alpha value is -0.480. The average Bonchev–Trinajstić information content (AvgIpc) is 2.88. The zero-order valence-electron chi connectivity index (χ0n) is 11.4. The fourth-order valence-corrected chi connectivity index (χ4v) is 3.58. The number of benzene rings is 1. The molecule has 0 radical (unpaired) electrons. The SMILES string of the molecule is Clc1ccc(N2CCC(NC3CCOCC3)C2)c(Cl)c1. The first-order chi connectivity index (χ1) is 9.72. The molecule has 2 heterocycles. The summed E-state index contributed by atoms with van der Waals surface area (Å²) in [7, 11) is 0. The van der Waals surface area contributed by atoms with Crippen molar-refractivity contribution < 1.29 is 4.74 Å². The zero-order valence-corrected chi connectivity index (χ0v) is 13.0. The second-order valence-electron chi connectivity index (χ2n) is 5.58. The Balaban J connectivity index is 1.58. The number of halogens is 2.